The van der Waals surface area contributed by atoms with Crippen molar-refractivity contribution in [2.75, 3.05) is 12.8 Å². The van der Waals surface area contributed by atoms with E-state index in [0.29, 0.717) is 22.5 Å². The maximum Gasteiger partial charge on any atom is 0.252 e. The molecular weight excluding hydrogens is 419 g/mol. The zero-order valence-corrected chi connectivity index (χ0v) is 18.0. The summed E-state index contributed by atoms with van der Waals surface area (Å²) in [4.78, 5) is 32.2. The van der Waals surface area contributed by atoms with Crippen molar-refractivity contribution < 1.29 is 14.0 Å². The van der Waals surface area contributed by atoms with Crippen molar-refractivity contribution in [2.24, 2.45) is 0 Å². The number of nitrogens with two attached hydrogens (primary N) is 1. The number of carbonyl (C=O) groups is 2. The second kappa shape index (κ2) is 9.48. The summed E-state index contributed by atoms with van der Waals surface area (Å²) in [5, 5.41) is 3.64. The van der Waals surface area contributed by atoms with E-state index in [9.17, 15) is 14.0 Å². The van der Waals surface area contributed by atoms with Gasteiger partial charge < -0.3 is 16.0 Å². The van der Waals surface area contributed by atoms with Crippen LogP contribution in [0.3, 0.4) is 0 Å². The second-order valence-corrected chi connectivity index (χ2v) is 7.78. The van der Waals surface area contributed by atoms with Crippen LogP contribution in [-0.4, -0.2) is 28.7 Å². The summed E-state index contributed by atoms with van der Waals surface area (Å²) in [6.07, 6.45) is 0. The summed E-state index contributed by atoms with van der Waals surface area (Å²) in [6.45, 7) is 0.279. The molecule has 1 atom stereocenters. The number of carbonyl (C=O) groups excluding carboxylic acids is 2. The molecule has 166 valence electrons. The van der Waals surface area contributed by atoms with Gasteiger partial charge in [0.25, 0.3) is 5.91 Å². The van der Waals surface area contributed by atoms with Crippen molar-refractivity contribution in [3.8, 4) is 0 Å². The fraction of sp³-hybridized carbons (Fsp3) is 0.115. The van der Waals surface area contributed by atoms with Crippen LogP contribution in [0, 0.1) is 5.82 Å². The predicted octanol–water partition coefficient (Wildman–Crippen LogP) is 4.09. The minimum absolute atomic E-state index is 0.279. The smallest absolute Gasteiger partial charge is 0.252 e. The number of hydrogen-bond acceptors (Lipinski definition) is 4. The van der Waals surface area contributed by atoms with Crippen LogP contribution in [0.1, 0.15) is 27.5 Å². The highest BCUT2D eigenvalue weighted by molar-refractivity contribution is 6.00. The molecule has 2 amide bonds. The quantitative estimate of drug-likeness (QED) is 0.471. The summed E-state index contributed by atoms with van der Waals surface area (Å²) in [7, 11) is 1.65. The van der Waals surface area contributed by atoms with Crippen LogP contribution >= 0.6 is 0 Å². The molecule has 0 bridgehead atoms. The number of nitrogens with zero attached hydrogens (tertiary/aromatic N) is 2. The van der Waals surface area contributed by atoms with Gasteiger partial charge in [-0.25, -0.2) is 9.37 Å². The first kappa shape index (κ1) is 22.0. The lowest BCUT2D eigenvalue weighted by molar-refractivity contribution is -0.132. The third-order valence-electron chi connectivity index (χ3n) is 5.34. The van der Waals surface area contributed by atoms with Crippen LogP contribution in [-0.2, 0) is 11.3 Å². The fourth-order valence-corrected chi connectivity index (χ4v) is 3.59. The van der Waals surface area contributed by atoms with Gasteiger partial charge in [-0.05, 0) is 53.6 Å². The van der Waals surface area contributed by atoms with Crippen molar-refractivity contribution in [1.29, 1.82) is 0 Å². The number of pyridine rings is 1. The third-order valence-corrected chi connectivity index (χ3v) is 5.34. The lowest BCUT2D eigenvalue weighted by atomic mass is 10.0. The maximum absolute atomic E-state index is 13.3. The molecule has 6 nitrogen and oxygen atoms in total. The molecule has 1 aromatic heterocycles. The zero-order chi connectivity index (χ0) is 23.4. The SMILES string of the molecule is CN(Cc1ccc(F)cc1)C(=O)C(NC(=O)c1ccc2nc(N)ccc2c1)c1ccccc1. The van der Waals surface area contributed by atoms with E-state index in [4.69, 9.17) is 5.73 Å². The topological polar surface area (TPSA) is 88.3 Å². The fourth-order valence-electron chi connectivity index (χ4n) is 3.59. The summed E-state index contributed by atoms with van der Waals surface area (Å²) >= 11 is 0. The van der Waals surface area contributed by atoms with Gasteiger partial charge in [0.15, 0.2) is 0 Å². The summed E-state index contributed by atoms with van der Waals surface area (Å²) in [5.41, 5.74) is 8.26. The number of hydrogen-bond donors (Lipinski definition) is 2. The van der Waals surface area contributed by atoms with Gasteiger partial charge in [-0.1, -0.05) is 42.5 Å². The number of nitrogen functional groups attached to an aromatic ring is 1. The van der Waals surface area contributed by atoms with E-state index in [0.717, 1.165) is 10.9 Å². The zero-order valence-electron chi connectivity index (χ0n) is 18.0. The Hall–Kier alpha value is -4.26. The van der Waals surface area contributed by atoms with Crippen molar-refractivity contribution in [1.82, 2.24) is 15.2 Å². The molecule has 4 aromatic rings. The summed E-state index contributed by atoms with van der Waals surface area (Å²) in [5.74, 6) is -0.603. The highest BCUT2D eigenvalue weighted by Crippen LogP contribution is 2.20. The molecular formula is C26H23FN4O2. The molecule has 0 saturated carbocycles. The van der Waals surface area contributed by atoms with Crippen LogP contribution in [0.25, 0.3) is 10.9 Å². The normalized spacial score (nSPS) is 11.7. The van der Waals surface area contributed by atoms with E-state index in [-0.39, 0.29) is 24.2 Å². The number of aromatic nitrogens is 1. The number of halogens is 1. The van der Waals surface area contributed by atoms with E-state index in [1.807, 2.05) is 18.2 Å². The van der Waals surface area contributed by atoms with Gasteiger partial charge in [-0.15, -0.1) is 0 Å². The Morgan fingerprint density at radius 1 is 1.00 bits per heavy atom. The first-order chi connectivity index (χ1) is 15.9. The minimum Gasteiger partial charge on any atom is -0.384 e. The van der Waals surface area contributed by atoms with Gasteiger partial charge in [0.05, 0.1) is 5.52 Å². The molecule has 0 aliphatic heterocycles. The summed E-state index contributed by atoms with van der Waals surface area (Å²) < 4.78 is 13.2. The molecule has 33 heavy (non-hydrogen) atoms. The van der Waals surface area contributed by atoms with Crippen molar-refractivity contribution >= 4 is 28.5 Å². The van der Waals surface area contributed by atoms with Crippen molar-refractivity contribution in [2.45, 2.75) is 12.6 Å². The molecule has 0 aliphatic rings. The molecule has 0 fully saturated rings. The predicted molar refractivity (Wildman–Crippen MR) is 126 cm³/mol. The molecule has 0 saturated heterocycles. The van der Waals surface area contributed by atoms with Crippen LogP contribution in [0.5, 0.6) is 0 Å². The van der Waals surface area contributed by atoms with Gasteiger partial charge in [-0.2, -0.15) is 0 Å². The highest BCUT2D eigenvalue weighted by Gasteiger charge is 2.26. The lowest BCUT2D eigenvalue weighted by Crippen LogP contribution is -2.41. The maximum atomic E-state index is 13.3. The van der Waals surface area contributed by atoms with E-state index in [2.05, 4.69) is 10.3 Å². The van der Waals surface area contributed by atoms with E-state index in [1.165, 1.54) is 17.0 Å². The van der Waals surface area contributed by atoms with Crippen LogP contribution in [0.15, 0.2) is 84.9 Å². The first-order valence-electron chi connectivity index (χ1n) is 10.4. The Bertz CT molecular complexity index is 1290. The average Bonchev–Trinajstić information content (AvgIpc) is 2.83. The van der Waals surface area contributed by atoms with Crippen LogP contribution < -0.4 is 11.1 Å². The highest BCUT2D eigenvalue weighted by atomic mass is 19.1. The lowest BCUT2D eigenvalue weighted by Gasteiger charge is -2.25. The molecule has 0 radical (unpaired) electrons. The Balaban J connectivity index is 1.58. The van der Waals surface area contributed by atoms with Gasteiger partial charge in [0.1, 0.15) is 17.7 Å². The molecule has 4 rings (SSSR count). The molecule has 3 N–H and O–H groups in total. The molecule has 7 heteroatoms. The minimum atomic E-state index is -0.885. The second-order valence-electron chi connectivity index (χ2n) is 7.78. The Morgan fingerprint density at radius 3 is 2.45 bits per heavy atom. The van der Waals surface area contributed by atoms with Gasteiger partial charge in [0.2, 0.25) is 5.91 Å². The molecule has 1 heterocycles. The molecule has 0 aliphatic carbocycles. The number of benzene rings is 3. The van der Waals surface area contributed by atoms with Crippen molar-refractivity contribution in [3.63, 3.8) is 0 Å². The Kier molecular flexibility index (Phi) is 6.31. The average molecular weight is 442 g/mol. The number of fused-ring (bicyclic) bond motifs is 1. The number of likely N-dealkylation sites (N-methyl/N-ethyl adjacent to an activating group) is 1. The molecule has 3 aromatic carbocycles. The number of amides is 2. The Morgan fingerprint density at radius 2 is 1.73 bits per heavy atom. The van der Waals surface area contributed by atoms with Gasteiger partial charge in [-0.3, -0.25) is 9.59 Å². The Labute approximate surface area is 190 Å². The van der Waals surface area contributed by atoms with Gasteiger partial charge >= 0.3 is 0 Å². The summed E-state index contributed by atoms with van der Waals surface area (Å²) in [6, 6.07) is 22.7. The van der Waals surface area contributed by atoms with Crippen LogP contribution in [0.4, 0.5) is 10.2 Å². The van der Waals surface area contributed by atoms with Crippen molar-refractivity contribution in [3.05, 3.63) is 107 Å². The molecule has 1 unspecified atom stereocenters. The third kappa shape index (κ3) is 5.15. The largest absolute Gasteiger partial charge is 0.384 e. The number of nitrogens with one attached hydrogen (secondary N) is 1. The van der Waals surface area contributed by atoms with Crippen LogP contribution in [0.2, 0.25) is 0 Å². The molecule has 0 spiro atoms. The van der Waals surface area contributed by atoms with E-state index < -0.39 is 6.04 Å². The monoisotopic (exact) mass is 442 g/mol. The van der Waals surface area contributed by atoms with E-state index >= 15 is 0 Å². The number of anilines is 1. The standard InChI is InChI=1S/C26H23FN4O2/c1-31(16-17-7-11-21(27)12-8-17)26(33)24(18-5-3-2-4-6-18)30-25(32)20-9-13-22-19(15-20)10-14-23(28)29-22/h2-15,24H,16H2,1H3,(H2,28,29)(H,30,32). The first-order valence-corrected chi connectivity index (χ1v) is 10.4. The van der Waals surface area contributed by atoms with E-state index in [1.54, 1.807) is 61.6 Å². The van der Waals surface area contributed by atoms with Gasteiger partial charge in [0, 0.05) is 24.5 Å². The number of rotatable bonds is 6.